The standard InChI is InChI=1S/C15H9Cl3O3/c16-11-7-13(18)14(8-12(11)17)21-10-3-1-2-9(6-10)4-5-15(19)20/h1-8H,(H,19,20). The maximum atomic E-state index is 10.5. The Hall–Kier alpha value is -1.68. The van der Waals surface area contributed by atoms with Crippen molar-refractivity contribution in [2.75, 3.05) is 0 Å². The molecule has 0 saturated heterocycles. The predicted octanol–water partition coefficient (Wildman–Crippen LogP) is 5.54. The summed E-state index contributed by atoms with van der Waals surface area (Å²) in [6, 6.07) is 9.90. The lowest BCUT2D eigenvalue weighted by Gasteiger charge is -2.09. The first-order chi connectivity index (χ1) is 9.95. The lowest BCUT2D eigenvalue weighted by molar-refractivity contribution is -0.131. The third kappa shape index (κ3) is 4.39. The summed E-state index contributed by atoms with van der Waals surface area (Å²) in [5, 5.41) is 9.61. The maximum absolute atomic E-state index is 10.5. The molecule has 21 heavy (non-hydrogen) atoms. The molecule has 0 fully saturated rings. The van der Waals surface area contributed by atoms with Crippen molar-refractivity contribution < 1.29 is 14.6 Å². The molecule has 0 aliphatic heterocycles. The summed E-state index contributed by atoms with van der Waals surface area (Å²) in [4.78, 5) is 10.5. The second-order valence-corrected chi connectivity index (χ2v) is 5.26. The van der Waals surface area contributed by atoms with Crippen LogP contribution in [0.15, 0.2) is 42.5 Å². The van der Waals surface area contributed by atoms with Crippen LogP contribution in [0.3, 0.4) is 0 Å². The van der Waals surface area contributed by atoms with Gasteiger partial charge in [-0.2, -0.15) is 0 Å². The summed E-state index contributed by atoms with van der Waals surface area (Å²) in [6.45, 7) is 0. The van der Waals surface area contributed by atoms with Crippen LogP contribution in [0.1, 0.15) is 5.56 Å². The summed E-state index contributed by atoms with van der Waals surface area (Å²) in [7, 11) is 0. The molecule has 0 aromatic heterocycles. The van der Waals surface area contributed by atoms with Crippen molar-refractivity contribution >= 4 is 46.8 Å². The van der Waals surface area contributed by atoms with Gasteiger partial charge in [0.15, 0.2) is 0 Å². The zero-order valence-corrected chi connectivity index (χ0v) is 12.8. The van der Waals surface area contributed by atoms with Crippen LogP contribution in [0.2, 0.25) is 15.1 Å². The molecule has 2 aromatic rings. The Morgan fingerprint density at radius 3 is 2.48 bits per heavy atom. The molecule has 0 amide bonds. The summed E-state index contributed by atoms with van der Waals surface area (Å²) in [6.07, 6.45) is 2.51. The Morgan fingerprint density at radius 1 is 1.05 bits per heavy atom. The zero-order chi connectivity index (χ0) is 15.4. The Labute approximate surface area is 136 Å². The van der Waals surface area contributed by atoms with Gasteiger partial charge in [0, 0.05) is 12.1 Å². The third-order valence-corrected chi connectivity index (χ3v) is 3.50. The molecule has 0 aliphatic carbocycles. The number of ether oxygens (including phenoxy) is 1. The number of carboxylic acids is 1. The molecule has 0 bridgehead atoms. The van der Waals surface area contributed by atoms with Gasteiger partial charge < -0.3 is 9.84 Å². The number of hydrogen-bond acceptors (Lipinski definition) is 2. The van der Waals surface area contributed by atoms with Gasteiger partial charge in [-0.15, -0.1) is 0 Å². The Kier molecular flexibility index (Phi) is 5.12. The molecule has 6 heteroatoms. The molecule has 0 unspecified atom stereocenters. The van der Waals surface area contributed by atoms with Gasteiger partial charge in [0.2, 0.25) is 0 Å². The van der Waals surface area contributed by atoms with Gasteiger partial charge in [0.1, 0.15) is 11.5 Å². The molecule has 2 aromatic carbocycles. The Balaban J connectivity index is 2.26. The molecule has 0 aliphatic rings. The van der Waals surface area contributed by atoms with Gasteiger partial charge in [0.05, 0.1) is 15.1 Å². The largest absolute Gasteiger partial charge is 0.478 e. The molecule has 2 rings (SSSR count). The first-order valence-corrected chi connectivity index (χ1v) is 6.92. The third-order valence-electron chi connectivity index (χ3n) is 2.48. The van der Waals surface area contributed by atoms with Crippen LogP contribution in [0.4, 0.5) is 0 Å². The van der Waals surface area contributed by atoms with Crippen molar-refractivity contribution in [3.8, 4) is 11.5 Å². The van der Waals surface area contributed by atoms with Gasteiger partial charge in [-0.1, -0.05) is 46.9 Å². The minimum atomic E-state index is -1.02. The predicted molar refractivity (Wildman–Crippen MR) is 84.7 cm³/mol. The van der Waals surface area contributed by atoms with E-state index in [2.05, 4.69) is 0 Å². The number of rotatable bonds is 4. The molecular formula is C15H9Cl3O3. The highest BCUT2D eigenvalue weighted by Crippen LogP contribution is 2.36. The molecule has 3 nitrogen and oxygen atoms in total. The minimum Gasteiger partial charge on any atom is -0.478 e. The van der Waals surface area contributed by atoms with Crippen molar-refractivity contribution in [3.63, 3.8) is 0 Å². The van der Waals surface area contributed by atoms with E-state index in [4.69, 9.17) is 44.6 Å². The molecule has 0 atom stereocenters. The lowest BCUT2D eigenvalue weighted by Crippen LogP contribution is -1.88. The van der Waals surface area contributed by atoms with Crippen molar-refractivity contribution in [3.05, 3.63) is 63.1 Å². The van der Waals surface area contributed by atoms with Gasteiger partial charge >= 0.3 is 5.97 Å². The highest BCUT2D eigenvalue weighted by Gasteiger charge is 2.08. The molecule has 0 heterocycles. The van der Waals surface area contributed by atoms with Crippen molar-refractivity contribution in [1.82, 2.24) is 0 Å². The van der Waals surface area contributed by atoms with Crippen molar-refractivity contribution in [2.45, 2.75) is 0 Å². The summed E-state index contributed by atoms with van der Waals surface area (Å²) in [5.41, 5.74) is 0.686. The smallest absolute Gasteiger partial charge is 0.328 e. The highest BCUT2D eigenvalue weighted by molar-refractivity contribution is 6.43. The van der Waals surface area contributed by atoms with Crippen LogP contribution in [-0.2, 0) is 4.79 Å². The topological polar surface area (TPSA) is 46.5 Å². The van der Waals surface area contributed by atoms with E-state index in [1.807, 2.05) is 0 Å². The molecular weight excluding hydrogens is 335 g/mol. The number of carbonyl (C=O) groups is 1. The number of aliphatic carboxylic acids is 1. The summed E-state index contributed by atoms with van der Waals surface area (Å²) < 4.78 is 5.64. The van der Waals surface area contributed by atoms with Crippen LogP contribution >= 0.6 is 34.8 Å². The monoisotopic (exact) mass is 342 g/mol. The van der Waals surface area contributed by atoms with E-state index in [1.165, 1.54) is 18.2 Å². The minimum absolute atomic E-state index is 0.330. The number of benzene rings is 2. The zero-order valence-electron chi connectivity index (χ0n) is 10.5. The average Bonchev–Trinajstić information content (AvgIpc) is 2.43. The van der Waals surface area contributed by atoms with E-state index in [0.717, 1.165) is 6.08 Å². The van der Waals surface area contributed by atoms with E-state index in [0.29, 0.717) is 32.1 Å². The van der Waals surface area contributed by atoms with Crippen LogP contribution in [0.5, 0.6) is 11.5 Å². The van der Waals surface area contributed by atoms with E-state index in [1.54, 1.807) is 24.3 Å². The Morgan fingerprint density at radius 2 is 1.76 bits per heavy atom. The van der Waals surface area contributed by atoms with Crippen molar-refractivity contribution in [2.24, 2.45) is 0 Å². The molecule has 108 valence electrons. The quantitative estimate of drug-likeness (QED) is 0.586. The van der Waals surface area contributed by atoms with Gasteiger partial charge in [-0.3, -0.25) is 0 Å². The van der Waals surface area contributed by atoms with Crippen LogP contribution in [-0.4, -0.2) is 11.1 Å². The lowest BCUT2D eigenvalue weighted by atomic mass is 10.2. The van der Waals surface area contributed by atoms with Crippen molar-refractivity contribution in [1.29, 1.82) is 0 Å². The fraction of sp³-hybridized carbons (Fsp3) is 0. The molecule has 0 radical (unpaired) electrons. The highest BCUT2D eigenvalue weighted by atomic mass is 35.5. The van der Waals surface area contributed by atoms with Gasteiger partial charge in [-0.25, -0.2) is 4.79 Å². The van der Waals surface area contributed by atoms with E-state index in [-0.39, 0.29) is 0 Å². The fourth-order valence-electron chi connectivity index (χ4n) is 1.56. The first-order valence-electron chi connectivity index (χ1n) is 5.79. The summed E-state index contributed by atoms with van der Waals surface area (Å²) >= 11 is 17.8. The second-order valence-electron chi connectivity index (χ2n) is 4.04. The van der Waals surface area contributed by atoms with Gasteiger partial charge in [0.25, 0.3) is 0 Å². The van der Waals surface area contributed by atoms with E-state index in [9.17, 15) is 4.79 Å². The van der Waals surface area contributed by atoms with Gasteiger partial charge in [-0.05, 0) is 29.8 Å². The maximum Gasteiger partial charge on any atom is 0.328 e. The van der Waals surface area contributed by atoms with Crippen LogP contribution < -0.4 is 4.74 Å². The molecule has 0 saturated carbocycles. The van der Waals surface area contributed by atoms with E-state index < -0.39 is 5.97 Å². The normalized spacial score (nSPS) is 10.8. The average molecular weight is 344 g/mol. The van der Waals surface area contributed by atoms with Crippen LogP contribution in [0, 0.1) is 0 Å². The fourth-order valence-corrected chi connectivity index (χ4v) is 2.13. The molecule has 0 spiro atoms. The SMILES string of the molecule is O=C(O)C=Cc1cccc(Oc2cc(Cl)c(Cl)cc2Cl)c1. The Bertz CT molecular complexity index is 711. The van der Waals surface area contributed by atoms with Crippen LogP contribution in [0.25, 0.3) is 6.08 Å². The van der Waals surface area contributed by atoms with E-state index >= 15 is 0 Å². The molecule has 1 N–H and O–H groups in total. The first kappa shape index (κ1) is 15.7. The number of halogens is 3. The second kappa shape index (κ2) is 6.85. The summed E-state index contributed by atoms with van der Waals surface area (Å²) in [5.74, 6) is -0.151. The number of carboxylic acid groups (broad SMARTS) is 1. The number of hydrogen-bond donors (Lipinski definition) is 1.